The third-order valence-electron chi connectivity index (χ3n) is 3.10. The van der Waals surface area contributed by atoms with Gasteiger partial charge < -0.3 is 16.8 Å². The highest BCUT2D eigenvalue weighted by atomic mass is 16.1. The molecule has 0 unspecified atom stereocenters. The van der Waals surface area contributed by atoms with Gasteiger partial charge in [-0.15, -0.1) is 0 Å². The number of pyridine rings is 1. The smallest absolute Gasteiger partial charge is 0.212 e. The lowest BCUT2D eigenvalue weighted by Gasteiger charge is -2.15. The lowest BCUT2D eigenvalue weighted by molar-refractivity contribution is -0.105. The number of anilines is 3. The van der Waals surface area contributed by atoms with Crippen LogP contribution in [0.25, 0.3) is 0 Å². The molecule has 0 saturated heterocycles. The minimum absolute atomic E-state index is 0.270. The van der Waals surface area contributed by atoms with Crippen molar-refractivity contribution >= 4 is 23.7 Å². The number of nitrogens with two attached hydrogens (primary N) is 2. The second-order valence-electron chi connectivity index (χ2n) is 4.14. The molecule has 1 aliphatic rings. The first-order valence-electron chi connectivity index (χ1n) is 5.48. The average molecular weight is 220 g/mol. The maximum Gasteiger partial charge on any atom is 0.212 e. The van der Waals surface area contributed by atoms with E-state index in [1.807, 2.05) is 6.07 Å². The largest absolute Gasteiger partial charge is 0.396 e. The van der Waals surface area contributed by atoms with E-state index in [0.717, 1.165) is 18.4 Å². The van der Waals surface area contributed by atoms with Crippen molar-refractivity contribution in [2.45, 2.75) is 31.6 Å². The third kappa shape index (κ3) is 1.93. The maximum absolute atomic E-state index is 10.5. The molecule has 1 fully saturated rings. The first-order valence-corrected chi connectivity index (χ1v) is 5.48. The van der Waals surface area contributed by atoms with Crippen LogP contribution in [0.4, 0.5) is 17.3 Å². The van der Waals surface area contributed by atoms with Crippen molar-refractivity contribution in [2.75, 3.05) is 16.8 Å². The Kier molecular flexibility index (Phi) is 2.94. The number of carbonyl (C=O) groups is 1. The summed E-state index contributed by atoms with van der Waals surface area (Å²) in [7, 11) is 0. The van der Waals surface area contributed by atoms with E-state index < -0.39 is 0 Å². The molecule has 0 aromatic carbocycles. The van der Waals surface area contributed by atoms with Crippen molar-refractivity contribution in [1.82, 2.24) is 4.98 Å². The fourth-order valence-corrected chi connectivity index (χ4v) is 2.28. The van der Waals surface area contributed by atoms with Gasteiger partial charge in [0.05, 0.1) is 5.69 Å². The molecule has 0 radical (unpaired) electrons. The SMILES string of the molecule is Nc1cc(C2CCCC2)c(NC=O)nc1N. The first kappa shape index (κ1) is 10.7. The quantitative estimate of drug-likeness (QED) is 0.672. The van der Waals surface area contributed by atoms with E-state index in [-0.39, 0.29) is 5.82 Å². The molecule has 0 spiro atoms. The summed E-state index contributed by atoms with van der Waals surface area (Å²) in [5.74, 6) is 1.26. The molecule has 1 aromatic heterocycles. The summed E-state index contributed by atoms with van der Waals surface area (Å²) in [4.78, 5) is 14.6. The van der Waals surface area contributed by atoms with Crippen LogP contribution < -0.4 is 16.8 Å². The molecule has 0 atom stereocenters. The minimum Gasteiger partial charge on any atom is -0.396 e. The molecule has 5 N–H and O–H groups in total. The van der Waals surface area contributed by atoms with Crippen molar-refractivity contribution in [3.8, 4) is 0 Å². The highest BCUT2D eigenvalue weighted by Gasteiger charge is 2.21. The van der Waals surface area contributed by atoms with Crippen LogP contribution in [0.5, 0.6) is 0 Å². The Labute approximate surface area is 94.2 Å². The highest BCUT2D eigenvalue weighted by Crippen LogP contribution is 2.38. The molecule has 1 aromatic rings. The summed E-state index contributed by atoms with van der Waals surface area (Å²) in [5, 5.41) is 2.59. The summed E-state index contributed by atoms with van der Waals surface area (Å²) < 4.78 is 0. The summed E-state index contributed by atoms with van der Waals surface area (Å²) in [6.07, 6.45) is 5.30. The number of carbonyl (C=O) groups excluding carboxylic acids is 1. The van der Waals surface area contributed by atoms with Crippen molar-refractivity contribution in [3.05, 3.63) is 11.6 Å². The summed E-state index contributed by atoms with van der Waals surface area (Å²) >= 11 is 0. The van der Waals surface area contributed by atoms with Crippen LogP contribution in [0.3, 0.4) is 0 Å². The number of hydrogen-bond donors (Lipinski definition) is 3. The fraction of sp³-hybridized carbons (Fsp3) is 0.455. The normalized spacial score (nSPS) is 16.2. The molecule has 16 heavy (non-hydrogen) atoms. The van der Waals surface area contributed by atoms with Crippen molar-refractivity contribution in [3.63, 3.8) is 0 Å². The Morgan fingerprint density at radius 2 is 2.06 bits per heavy atom. The first-order chi connectivity index (χ1) is 7.72. The Bertz CT molecular complexity index is 399. The van der Waals surface area contributed by atoms with E-state index in [1.165, 1.54) is 12.8 Å². The topological polar surface area (TPSA) is 94.0 Å². The van der Waals surface area contributed by atoms with E-state index in [4.69, 9.17) is 11.5 Å². The van der Waals surface area contributed by atoms with E-state index in [0.29, 0.717) is 23.8 Å². The van der Waals surface area contributed by atoms with Gasteiger partial charge in [0.1, 0.15) is 11.6 Å². The number of aromatic nitrogens is 1. The predicted molar refractivity (Wildman–Crippen MR) is 64.0 cm³/mol. The number of hydrogen-bond acceptors (Lipinski definition) is 4. The van der Waals surface area contributed by atoms with Gasteiger partial charge in [0, 0.05) is 5.56 Å². The van der Waals surface area contributed by atoms with Gasteiger partial charge in [0.2, 0.25) is 6.41 Å². The molecule has 1 amide bonds. The van der Waals surface area contributed by atoms with E-state index in [1.54, 1.807) is 0 Å². The number of amides is 1. The third-order valence-corrected chi connectivity index (χ3v) is 3.10. The second-order valence-corrected chi connectivity index (χ2v) is 4.14. The second kappa shape index (κ2) is 4.38. The van der Waals surface area contributed by atoms with Crippen molar-refractivity contribution in [2.24, 2.45) is 0 Å². The van der Waals surface area contributed by atoms with Crippen LogP contribution in [-0.4, -0.2) is 11.4 Å². The van der Waals surface area contributed by atoms with Gasteiger partial charge in [-0.1, -0.05) is 12.8 Å². The average Bonchev–Trinajstić information content (AvgIpc) is 2.76. The van der Waals surface area contributed by atoms with Crippen LogP contribution in [-0.2, 0) is 4.79 Å². The number of nitrogen functional groups attached to an aromatic ring is 2. The standard InChI is InChI=1S/C11H16N4O/c12-9-5-8(7-3-1-2-4-7)11(14-6-16)15-10(9)13/h5-7H,1-4,12H2,(H3,13,14,15,16). The van der Waals surface area contributed by atoms with Gasteiger partial charge in [-0.25, -0.2) is 4.98 Å². The molecule has 1 aliphatic carbocycles. The van der Waals surface area contributed by atoms with Crippen LogP contribution in [0.2, 0.25) is 0 Å². The molecule has 5 heteroatoms. The number of rotatable bonds is 3. The molecule has 0 bridgehead atoms. The fourth-order valence-electron chi connectivity index (χ4n) is 2.28. The zero-order valence-electron chi connectivity index (χ0n) is 9.07. The molecule has 0 aliphatic heterocycles. The maximum atomic E-state index is 10.5. The van der Waals surface area contributed by atoms with Gasteiger partial charge >= 0.3 is 0 Å². The number of nitrogens with zero attached hydrogens (tertiary/aromatic N) is 1. The lowest BCUT2D eigenvalue weighted by Crippen LogP contribution is -2.08. The number of nitrogens with one attached hydrogen (secondary N) is 1. The van der Waals surface area contributed by atoms with Crippen LogP contribution in [0.1, 0.15) is 37.2 Å². The molecule has 86 valence electrons. The molecular formula is C11H16N4O. The Morgan fingerprint density at radius 1 is 1.38 bits per heavy atom. The highest BCUT2D eigenvalue weighted by molar-refractivity contribution is 5.75. The van der Waals surface area contributed by atoms with Crippen molar-refractivity contribution in [1.29, 1.82) is 0 Å². The van der Waals surface area contributed by atoms with Gasteiger partial charge in [0.25, 0.3) is 0 Å². The predicted octanol–water partition coefficient (Wildman–Crippen LogP) is 1.47. The van der Waals surface area contributed by atoms with Gasteiger partial charge in [-0.05, 0) is 24.8 Å². The summed E-state index contributed by atoms with van der Waals surface area (Å²) in [6.45, 7) is 0. The monoisotopic (exact) mass is 220 g/mol. The molecule has 2 rings (SSSR count). The van der Waals surface area contributed by atoms with Crippen LogP contribution >= 0.6 is 0 Å². The van der Waals surface area contributed by atoms with Crippen LogP contribution in [0, 0.1) is 0 Å². The van der Waals surface area contributed by atoms with Gasteiger partial charge in [0.15, 0.2) is 0 Å². The Hall–Kier alpha value is -1.78. The van der Waals surface area contributed by atoms with Gasteiger partial charge in [-0.2, -0.15) is 0 Å². The van der Waals surface area contributed by atoms with Crippen LogP contribution in [0.15, 0.2) is 6.07 Å². The zero-order valence-corrected chi connectivity index (χ0v) is 9.07. The van der Waals surface area contributed by atoms with E-state index in [9.17, 15) is 4.79 Å². The summed E-state index contributed by atoms with van der Waals surface area (Å²) in [5.41, 5.74) is 12.9. The zero-order chi connectivity index (χ0) is 11.5. The summed E-state index contributed by atoms with van der Waals surface area (Å²) in [6, 6.07) is 1.84. The van der Waals surface area contributed by atoms with Gasteiger partial charge in [-0.3, -0.25) is 4.79 Å². The van der Waals surface area contributed by atoms with Crippen molar-refractivity contribution < 1.29 is 4.79 Å². The molecule has 1 heterocycles. The lowest BCUT2D eigenvalue weighted by atomic mass is 9.98. The Morgan fingerprint density at radius 3 is 2.69 bits per heavy atom. The minimum atomic E-state index is 0.270. The molecule has 1 saturated carbocycles. The molecular weight excluding hydrogens is 204 g/mol. The Balaban J connectivity index is 2.39. The van der Waals surface area contributed by atoms with E-state index in [2.05, 4.69) is 10.3 Å². The molecule has 5 nitrogen and oxygen atoms in total. The van der Waals surface area contributed by atoms with E-state index >= 15 is 0 Å².